The number of halogens is 3. The van der Waals surface area contributed by atoms with Gasteiger partial charge in [-0.1, -0.05) is 37.0 Å². The van der Waals surface area contributed by atoms with Gasteiger partial charge in [0.05, 0.1) is 27.5 Å². The first-order chi connectivity index (χ1) is 10.3. The number of pyridine rings is 1. The van der Waals surface area contributed by atoms with Gasteiger partial charge in [-0.3, -0.25) is 4.98 Å². The van der Waals surface area contributed by atoms with Crippen LogP contribution in [0.1, 0.15) is 35.8 Å². The van der Waals surface area contributed by atoms with Gasteiger partial charge in [0.1, 0.15) is 17.3 Å². The highest BCUT2D eigenvalue weighted by Crippen LogP contribution is 2.33. The van der Waals surface area contributed by atoms with E-state index >= 15 is 0 Å². The minimum Gasteiger partial charge on any atom is -0.478 e. The van der Waals surface area contributed by atoms with Crippen molar-refractivity contribution in [2.75, 3.05) is 0 Å². The van der Waals surface area contributed by atoms with Gasteiger partial charge in [0.2, 0.25) is 0 Å². The van der Waals surface area contributed by atoms with Gasteiger partial charge in [0.15, 0.2) is 0 Å². The number of hydrogen-bond acceptors (Lipinski definition) is 3. The normalized spacial score (nSPS) is 10.8. The van der Waals surface area contributed by atoms with E-state index in [0.717, 1.165) is 12.1 Å². The molecule has 1 aromatic heterocycles. The van der Waals surface area contributed by atoms with Crippen molar-refractivity contribution in [3.05, 3.63) is 51.5 Å². The number of hydrogen-bond donors (Lipinski definition) is 1. The maximum atomic E-state index is 13.7. The molecular formula is C15H12Cl2FNO3. The largest absolute Gasteiger partial charge is 0.478 e. The first-order valence-corrected chi connectivity index (χ1v) is 7.10. The van der Waals surface area contributed by atoms with E-state index in [1.807, 2.05) is 13.8 Å². The topological polar surface area (TPSA) is 59.4 Å². The molecule has 0 aliphatic carbocycles. The summed E-state index contributed by atoms with van der Waals surface area (Å²) in [5.74, 6) is -1.93. The van der Waals surface area contributed by atoms with Gasteiger partial charge in [-0.25, -0.2) is 9.18 Å². The van der Waals surface area contributed by atoms with Crippen LogP contribution in [0.3, 0.4) is 0 Å². The molecule has 0 saturated carbocycles. The van der Waals surface area contributed by atoms with Crippen LogP contribution in [0.15, 0.2) is 24.4 Å². The van der Waals surface area contributed by atoms with Crippen LogP contribution in [0, 0.1) is 5.82 Å². The molecule has 0 bridgehead atoms. The Bertz CT molecular complexity index is 735. The molecule has 0 fully saturated rings. The third-order valence-electron chi connectivity index (χ3n) is 2.87. The van der Waals surface area contributed by atoms with Gasteiger partial charge in [-0.2, -0.15) is 0 Å². The van der Waals surface area contributed by atoms with Gasteiger partial charge in [-0.15, -0.1) is 0 Å². The molecule has 0 aliphatic heterocycles. The van der Waals surface area contributed by atoms with Crippen LogP contribution >= 0.6 is 23.2 Å². The minimum absolute atomic E-state index is 0.0145. The molecule has 4 nitrogen and oxygen atoms in total. The standard InChI is InChI=1S/C15H12Cl2FNO3/c1-7(2)14-11(17)3-8(6-19-14)22-13-5-12(18)9(15(20)21)4-10(13)16/h3-7H,1-2H3,(H,20,21). The summed E-state index contributed by atoms with van der Waals surface area (Å²) in [6.07, 6.45) is 1.44. The monoisotopic (exact) mass is 343 g/mol. The molecule has 7 heteroatoms. The minimum atomic E-state index is -1.41. The molecule has 0 aliphatic rings. The van der Waals surface area contributed by atoms with Crippen LogP contribution in [0.2, 0.25) is 10.0 Å². The van der Waals surface area contributed by atoms with E-state index in [2.05, 4.69) is 4.98 Å². The predicted molar refractivity (Wildman–Crippen MR) is 81.8 cm³/mol. The fourth-order valence-corrected chi connectivity index (χ4v) is 2.39. The summed E-state index contributed by atoms with van der Waals surface area (Å²) in [5, 5.41) is 9.22. The van der Waals surface area contributed by atoms with Crippen LogP contribution < -0.4 is 4.74 Å². The number of nitrogens with zero attached hydrogens (tertiary/aromatic N) is 1. The molecule has 0 unspecified atom stereocenters. The Balaban J connectivity index is 2.33. The quantitative estimate of drug-likeness (QED) is 0.834. The van der Waals surface area contributed by atoms with Gasteiger partial charge in [0, 0.05) is 12.1 Å². The third-order valence-corrected chi connectivity index (χ3v) is 3.47. The molecule has 0 saturated heterocycles. The van der Waals surface area contributed by atoms with Crippen molar-refractivity contribution in [2.24, 2.45) is 0 Å². The highest BCUT2D eigenvalue weighted by atomic mass is 35.5. The number of benzene rings is 1. The van der Waals surface area contributed by atoms with Crippen molar-refractivity contribution in [1.29, 1.82) is 0 Å². The molecular weight excluding hydrogens is 332 g/mol. The van der Waals surface area contributed by atoms with Crippen molar-refractivity contribution in [1.82, 2.24) is 4.98 Å². The van der Waals surface area contributed by atoms with Crippen LogP contribution in [0.25, 0.3) is 0 Å². The highest BCUT2D eigenvalue weighted by Gasteiger charge is 2.16. The maximum Gasteiger partial charge on any atom is 0.338 e. The van der Waals surface area contributed by atoms with Crippen molar-refractivity contribution in [2.45, 2.75) is 19.8 Å². The lowest BCUT2D eigenvalue weighted by Crippen LogP contribution is -2.01. The summed E-state index contributed by atoms with van der Waals surface area (Å²) in [5.41, 5.74) is 0.191. The second-order valence-corrected chi connectivity index (χ2v) is 5.68. The van der Waals surface area contributed by atoms with E-state index in [4.69, 9.17) is 33.0 Å². The summed E-state index contributed by atoms with van der Waals surface area (Å²) in [6.45, 7) is 3.90. The average molecular weight is 344 g/mol. The summed E-state index contributed by atoms with van der Waals surface area (Å²) in [4.78, 5) is 15.0. The number of carboxylic acid groups (broad SMARTS) is 1. The van der Waals surface area contributed by atoms with E-state index in [1.54, 1.807) is 6.07 Å². The zero-order chi connectivity index (χ0) is 16.4. The molecule has 0 atom stereocenters. The number of carbonyl (C=O) groups is 1. The molecule has 2 aromatic rings. The van der Waals surface area contributed by atoms with E-state index in [1.165, 1.54) is 6.20 Å². The van der Waals surface area contributed by atoms with Gasteiger partial charge < -0.3 is 9.84 Å². The Morgan fingerprint density at radius 1 is 1.27 bits per heavy atom. The molecule has 116 valence electrons. The lowest BCUT2D eigenvalue weighted by Gasteiger charge is -2.11. The summed E-state index contributed by atoms with van der Waals surface area (Å²) < 4.78 is 19.1. The molecule has 0 amide bonds. The summed E-state index contributed by atoms with van der Waals surface area (Å²) in [7, 11) is 0. The highest BCUT2D eigenvalue weighted by molar-refractivity contribution is 6.32. The molecule has 22 heavy (non-hydrogen) atoms. The van der Waals surface area contributed by atoms with Crippen LogP contribution in [0.4, 0.5) is 4.39 Å². The number of carboxylic acids is 1. The lowest BCUT2D eigenvalue weighted by atomic mass is 10.1. The average Bonchev–Trinajstić information content (AvgIpc) is 2.41. The van der Waals surface area contributed by atoms with Gasteiger partial charge in [-0.05, 0) is 12.0 Å². The fraction of sp³-hybridized carbons (Fsp3) is 0.200. The number of aromatic carboxylic acids is 1. The SMILES string of the molecule is CC(C)c1ncc(Oc2cc(F)c(C(=O)O)cc2Cl)cc1Cl. The molecule has 1 N–H and O–H groups in total. The Labute approximate surface area is 136 Å². The summed E-state index contributed by atoms with van der Waals surface area (Å²) >= 11 is 12.0. The first-order valence-electron chi connectivity index (χ1n) is 6.35. The fourth-order valence-electron chi connectivity index (χ4n) is 1.81. The van der Waals surface area contributed by atoms with Crippen LogP contribution in [-0.4, -0.2) is 16.1 Å². The number of ether oxygens (including phenoxy) is 1. The van der Waals surface area contributed by atoms with Gasteiger partial charge >= 0.3 is 5.97 Å². The van der Waals surface area contributed by atoms with E-state index in [0.29, 0.717) is 10.7 Å². The van der Waals surface area contributed by atoms with Crippen molar-refractivity contribution < 1.29 is 19.0 Å². The van der Waals surface area contributed by atoms with Crippen molar-refractivity contribution in [3.63, 3.8) is 0 Å². The van der Waals surface area contributed by atoms with Crippen molar-refractivity contribution >= 4 is 29.2 Å². The molecule has 0 spiro atoms. The Hall–Kier alpha value is -1.85. The van der Waals surface area contributed by atoms with E-state index < -0.39 is 17.3 Å². The second kappa shape index (κ2) is 6.50. The zero-order valence-corrected chi connectivity index (χ0v) is 13.2. The number of aromatic nitrogens is 1. The summed E-state index contributed by atoms with van der Waals surface area (Å²) in [6, 6.07) is 3.45. The molecule has 0 radical (unpaired) electrons. The molecule has 2 rings (SSSR count). The second-order valence-electron chi connectivity index (χ2n) is 4.86. The van der Waals surface area contributed by atoms with Crippen molar-refractivity contribution in [3.8, 4) is 11.5 Å². The van der Waals surface area contributed by atoms with E-state index in [-0.39, 0.29) is 22.4 Å². The lowest BCUT2D eigenvalue weighted by molar-refractivity contribution is 0.0692. The first kappa shape index (κ1) is 16.5. The van der Waals surface area contributed by atoms with Gasteiger partial charge in [0.25, 0.3) is 0 Å². The van der Waals surface area contributed by atoms with Crippen LogP contribution in [0.5, 0.6) is 11.5 Å². The Morgan fingerprint density at radius 3 is 2.50 bits per heavy atom. The smallest absolute Gasteiger partial charge is 0.338 e. The van der Waals surface area contributed by atoms with Crippen LogP contribution in [-0.2, 0) is 0 Å². The maximum absolute atomic E-state index is 13.7. The Kier molecular flexibility index (Phi) is 4.88. The number of rotatable bonds is 4. The zero-order valence-electron chi connectivity index (χ0n) is 11.7. The molecule has 1 aromatic carbocycles. The van der Waals surface area contributed by atoms with E-state index in [9.17, 15) is 9.18 Å². The predicted octanol–water partition coefficient (Wildman–Crippen LogP) is 5.14. The molecule has 1 heterocycles. The third kappa shape index (κ3) is 3.48. The Morgan fingerprint density at radius 2 is 1.95 bits per heavy atom.